The normalized spacial score (nSPS) is 17.6. The Morgan fingerprint density at radius 2 is 1.80 bits per heavy atom. The number of sulfonamides is 1. The van der Waals surface area contributed by atoms with Gasteiger partial charge in [0.2, 0.25) is 10.0 Å². The Morgan fingerprint density at radius 3 is 2.35 bits per heavy atom. The molecule has 1 fully saturated rings. The van der Waals surface area contributed by atoms with Crippen molar-refractivity contribution in [2.45, 2.75) is 49.5 Å². The Labute approximate surface area is 121 Å². The number of hydrogen-bond donors (Lipinski definition) is 3. The summed E-state index contributed by atoms with van der Waals surface area (Å²) < 4.78 is 25.7. The molecule has 0 bridgehead atoms. The second kappa shape index (κ2) is 6.45. The van der Waals surface area contributed by atoms with Crippen LogP contribution in [0.15, 0.2) is 23.1 Å². The van der Waals surface area contributed by atoms with E-state index >= 15 is 0 Å². The maximum Gasteiger partial charge on any atom is 0.240 e. The van der Waals surface area contributed by atoms with Gasteiger partial charge in [0.05, 0.1) is 16.3 Å². The second-order valence-corrected chi connectivity index (χ2v) is 7.18. The van der Waals surface area contributed by atoms with Gasteiger partial charge in [-0.1, -0.05) is 25.7 Å². The quantitative estimate of drug-likeness (QED) is 0.588. The Hall–Kier alpha value is -1.27. The largest absolute Gasteiger partial charge is 0.397 e. The number of anilines is 2. The summed E-state index contributed by atoms with van der Waals surface area (Å²) in [7, 11) is -2.04. The zero-order chi connectivity index (χ0) is 14.6. The van der Waals surface area contributed by atoms with E-state index in [-0.39, 0.29) is 4.90 Å². The zero-order valence-electron chi connectivity index (χ0n) is 11.9. The topological polar surface area (TPSA) is 84.2 Å². The van der Waals surface area contributed by atoms with E-state index in [1.165, 1.54) is 38.8 Å². The van der Waals surface area contributed by atoms with E-state index in [2.05, 4.69) is 10.0 Å². The number of nitrogens with two attached hydrogens (primary N) is 1. The fraction of sp³-hybridized carbons (Fsp3) is 0.571. The van der Waals surface area contributed by atoms with Crippen molar-refractivity contribution in [1.29, 1.82) is 0 Å². The zero-order valence-corrected chi connectivity index (χ0v) is 12.7. The molecule has 0 saturated heterocycles. The molecule has 0 aromatic heterocycles. The van der Waals surface area contributed by atoms with E-state index < -0.39 is 10.0 Å². The summed E-state index contributed by atoms with van der Waals surface area (Å²) in [6.07, 6.45) is 7.37. The van der Waals surface area contributed by atoms with Gasteiger partial charge in [0, 0.05) is 6.04 Å². The maximum atomic E-state index is 11.7. The molecular formula is C14H23N3O2S. The van der Waals surface area contributed by atoms with Crippen molar-refractivity contribution in [3.63, 3.8) is 0 Å². The van der Waals surface area contributed by atoms with Crippen LogP contribution >= 0.6 is 0 Å². The predicted octanol–water partition coefficient (Wildman–Crippen LogP) is 2.31. The summed E-state index contributed by atoms with van der Waals surface area (Å²) in [6.45, 7) is 0. The average Bonchev–Trinajstić information content (AvgIpc) is 2.69. The van der Waals surface area contributed by atoms with Crippen molar-refractivity contribution in [2.75, 3.05) is 18.1 Å². The lowest BCUT2D eigenvalue weighted by atomic mass is 10.1. The number of hydrogen-bond acceptors (Lipinski definition) is 4. The van der Waals surface area contributed by atoms with Gasteiger partial charge in [0.1, 0.15) is 0 Å². The van der Waals surface area contributed by atoms with Gasteiger partial charge in [-0.3, -0.25) is 0 Å². The van der Waals surface area contributed by atoms with Gasteiger partial charge < -0.3 is 11.1 Å². The first-order valence-corrected chi connectivity index (χ1v) is 8.61. The third-order valence-corrected chi connectivity index (χ3v) is 5.23. The lowest BCUT2D eigenvalue weighted by molar-refractivity contribution is 0.588. The molecule has 6 heteroatoms. The van der Waals surface area contributed by atoms with Crippen LogP contribution in [0.2, 0.25) is 0 Å². The van der Waals surface area contributed by atoms with Crippen LogP contribution in [0, 0.1) is 0 Å². The van der Waals surface area contributed by atoms with Crippen LogP contribution < -0.4 is 15.8 Å². The molecule has 112 valence electrons. The molecule has 0 heterocycles. The molecule has 1 saturated carbocycles. The Kier molecular flexibility index (Phi) is 4.88. The molecule has 20 heavy (non-hydrogen) atoms. The van der Waals surface area contributed by atoms with Crippen LogP contribution in [0.3, 0.4) is 0 Å². The van der Waals surface area contributed by atoms with E-state index in [0.29, 0.717) is 11.7 Å². The van der Waals surface area contributed by atoms with E-state index in [0.717, 1.165) is 18.5 Å². The summed E-state index contributed by atoms with van der Waals surface area (Å²) in [5.41, 5.74) is 7.28. The van der Waals surface area contributed by atoms with E-state index in [4.69, 9.17) is 5.73 Å². The summed E-state index contributed by atoms with van der Waals surface area (Å²) in [5.74, 6) is 0. The molecule has 1 aromatic carbocycles. The standard InChI is InChI=1S/C14H23N3O2S/c1-16-20(18,19)12-8-9-14(13(15)10-12)17-11-6-4-2-3-5-7-11/h8-11,16-17H,2-7,15H2,1H3. The monoisotopic (exact) mass is 297 g/mol. The smallest absolute Gasteiger partial charge is 0.240 e. The predicted molar refractivity (Wildman–Crippen MR) is 82.2 cm³/mol. The molecule has 1 aliphatic carbocycles. The number of benzene rings is 1. The third kappa shape index (κ3) is 3.64. The molecular weight excluding hydrogens is 274 g/mol. The molecule has 5 nitrogen and oxygen atoms in total. The second-order valence-electron chi connectivity index (χ2n) is 5.29. The van der Waals surface area contributed by atoms with Crippen molar-refractivity contribution in [3.8, 4) is 0 Å². The van der Waals surface area contributed by atoms with Crippen LogP contribution in [-0.2, 0) is 10.0 Å². The molecule has 0 amide bonds. The highest BCUT2D eigenvalue weighted by molar-refractivity contribution is 7.89. The number of nitrogens with one attached hydrogen (secondary N) is 2. The van der Waals surface area contributed by atoms with E-state index in [9.17, 15) is 8.42 Å². The van der Waals surface area contributed by atoms with E-state index in [1.54, 1.807) is 12.1 Å². The van der Waals surface area contributed by atoms with Crippen LogP contribution in [0.1, 0.15) is 38.5 Å². The molecule has 0 unspecified atom stereocenters. The Bertz CT molecular complexity index is 550. The Balaban J connectivity index is 2.13. The first-order chi connectivity index (χ1) is 9.53. The molecule has 4 N–H and O–H groups in total. The maximum absolute atomic E-state index is 11.7. The Morgan fingerprint density at radius 1 is 1.15 bits per heavy atom. The van der Waals surface area contributed by atoms with E-state index in [1.807, 2.05) is 0 Å². The fourth-order valence-electron chi connectivity index (χ4n) is 2.60. The first-order valence-electron chi connectivity index (χ1n) is 7.12. The molecule has 1 aliphatic rings. The highest BCUT2D eigenvalue weighted by Crippen LogP contribution is 2.26. The lowest BCUT2D eigenvalue weighted by Gasteiger charge is -2.19. The third-order valence-electron chi connectivity index (χ3n) is 3.82. The van der Waals surface area contributed by atoms with Crippen molar-refractivity contribution in [2.24, 2.45) is 0 Å². The molecule has 0 aliphatic heterocycles. The highest BCUT2D eigenvalue weighted by Gasteiger charge is 2.16. The van der Waals surface area contributed by atoms with Gasteiger partial charge in [-0.2, -0.15) is 0 Å². The van der Waals surface area contributed by atoms with Gasteiger partial charge in [0.15, 0.2) is 0 Å². The van der Waals surface area contributed by atoms with Crippen LogP contribution in [-0.4, -0.2) is 21.5 Å². The fourth-order valence-corrected chi connectivity index (χ4v) is 3.37. The van der Waals surface area contributed by atoms with Crippen molar-refractivity contribution < 1.29 is 8.42 Å². The summed E-state index contributed by atoms with van der Waals surface area (Å²) >= 11 is 0. The summed E-state index contributed by atoms with van der Waals surface area (Å²) in [4.78, 5) is 0.198. The van der Waals surface area contributed by atoms with Crippen LogP contribution in [0.5, 0.6) is 0 Å². The van der Waals surface area contributed by atoms with Crippen LogP contribution in [0.4, 0.5) is 11.4 Å². The summed E-state index contributed by atoms with van der Waals surface area (Å²) in [5, 5.41) is 3.45. The molecule has 0 spiro atoms. The van der Waals surface area contributed by atoms with Crippen LogP contribution in [0.25, 0.3) is 0 Å². The van der Waals surface area contributed by atoms with Gasteiger partial charge in [-0.15, -0.1) is 0 Å². The van der Waals surface area contributed by atoms with Crippen molar-refractivity contribution in [3.05, 3.63) is 18.2 Å². The highest BCUT2D eigenvalue weighted by atomic mass is 32.2. The minimum Gasteiger partial charge on any atom is -0.397 e. The van der Waals surface area contributed by atoms with Gasteiger partial charge in [0.25, 0.3) is 0 Å². The average molecular weight is 297 g/mol. The van der Waals surface area contributed by atoms with Crippen molar-refractivity contribution >= 4 is 21.4 Å². The number of nitrogen functional groups attached to an aromatic ring is 1. The SMILES string of the molecule is CNS(=O)(=O)c1ccc(NC2CCCCCC2)c(N)c1. The number of rotatable bonds is 4. The minimum atomic E-state index is -3.43. The summed E-state index contributed by atoms with van der Waals surface area (Å²) in [6, 6.07) is 5.28. The molecule has 2 rings (SSSR count). The van der Waals surface area contributed by atoms with Gasteiger partial charge >= 0.3 is 0 Å². The first kappa shape index (κ1) is 15.1. The molecule has 1 aromatic rings. The lowest BCUT2D eigenvalue weighted by Crippen LogP contribution is -2.21. The van der Waals surface area contributed by atoms with Gasteiger partial charge in [-0.05, 0) is 38.1 Å². The molecule has 0 atom stereocenters. The minimum absolute atomic E-state index is 0.198. The van der Waals surface area contributed by atoms with Gasteiger partial charge in [-0.25, -0.2) is 13.1 Å². The molecule has 0 radical (unpaired) electrons. The van der Waals surface area contributed by atoms with Crippen molar-refractivity contribution in [1.82, 2.24) is 4.72 Å².